The average molecular weight is 622 g/mol. The first kappa shape index (κ1) is 34.4. The number of nitrogens with two attached hydrogens (primary N) is 1. The maximum absolute atomic E-state index is 12.2. The molecule has 1 aliphatic rings. The van der Waals surface area contributed by atoms with Crippen LogP contribution >= 0.6 is 0 Å². The molecule has 45 heavy (non-hydrogen) atoms. The molecule has 5 N–H and O–H groups in total. The normalized spacial score (nSPS) is 15.0. The predicted molar refractivity (Wildman–Crippen MR) is 159 cm³/mol. The molecule has 238 valence electrons. The van der Waals surface area contributed by atoms with Crippen molar-refractivity contribution < 1.29 is 48.8 Å². The maximum Gasteiger partial charge on any atom is 0.349 e. The van der Waals surface area contributed by atoms with E-state index in [2.05, 4.69) is 4.98 Å². The molecule has 0 spiro atoms. The quantitative estimate of drug-likeness (QED) is 0.241. The molecule has 13 nitrogen and oxygen atoms in total. The Balaban J connectivity index is 0.000000276. The number of ether oxygens (including phenoxy) is 2. The van der Waals surface area contributed by atoms with Crippen LogP contribution in [-0.2, 0) is 23.9 Å². The van der Waals surface area contributed by atoms with Gasteiger partial charge in [-0.3, -0.25) is 9.78 Å². The number of aliphatic hydroxyl groups excluding tert-OH is 1. The molecule has 0 unspecified atom stereocenters. The number of rotatable bonds is 10. The van der Waals surface area contributed by atoms with Gasteiger partial charge in [-0.05, 0) is 68.7 Å². The SMILES string of the molecule is Cc1ccc(C(=O)O[C@@H](C(=O)O)[C@@H](OC(=O)c2ccc(C)cc2)C(=O)O)cc1.N[C@@H](C(=O)N1CCCC1)[C@@H](O)c1ccncc1. The van der Waals surface area contributed by atoms with Gasteiger partial charge in [-0.1, -0.05) is 35.4 Å². The number of carboxylic acid groups (broad SMARTS) is 2. The van der Waals surface area contributed by atoms with Gasteiger partial charge in [0.05, 0.1) is 11.1 Å². The molecule has 2 heterocycles. The Labute approximate surface area is 259 Å². The van der Waals surface area contributed by atoms with Gasteiger partial charge >= 0.3 is 23.9 Å². The minimum atomic E-state index is -2.22. The highest BCUT2D eigenvalue weighted by atomic mass is 16.6. The molecule has 1 amide bonds. The van der Waals surface area contributed by atoms with Gasteiger partial charge in [-0.25, -0.2) is 19.2 Å². The molecule has 0 aliphatic carbocycles. The Morgan fingerprint density at radius 2 is 1.13 bits per heavy atom. The zero-order valence-electron chi connectivity index (χ0n) is 24.7. The van der Waals surface area contributed by atoms with Crippen LogP contribution in [0.25, 0.3) is 0 Å². The highest BCUT2D eigenvalue weighted by molar-refractivity contribution is 5.95. The van der Waals surface area contributed by atoms with E-state index in [-0.39, 0.29) is 17.0 Å². The van der Waals surface area contributed by atoms with E-state index in [1.165, 1.54) is 24.3 Å². The number of carbonyl (C=O) groups excluding carboxylic acids is 3. The number of aryl methyl sites for hydroxylation is 2. The van der Waals surface area contributed by atoms with E-state index in [9.17, 15) is 39.3 Å². The van der Waals surface area contributed by atoms with E-state index in [1.54, 1.807) is 67.5 Å². The molecule has 1 aromatic heterocycles. The molecule has 4 atom stereocenters. The van der Waals surface area contributed by atoms with Crippen LogP contribution in [0.5, 0.6) is 0 Å². The molecule has 4 rings (SSSR count). The lowest BCUT2D eigenvalue weighted by Crippen LogP contribution is -2.45. The van der Waals surface area contributed by atoms with E-state index in [0.29, 0.717) is 5.56 Å². The standard InChI is InChI=1S/C20H18O8.C12H17N3O2/c1-11-3-7-13(8-4-11)19(25)27-15(17(21)22)16(18(23)24)28-20(26)14-9-5-12(2)6-10-14;13-10(12(17)15-7-1-2-8-15)11(16)9-3-5-14-6-4-9/h3-10,15-16H,1-2H3,(H,21,22)(H,23,24);3-6,10-11,16H,1-2,7-8,13H2/t15-,16-;10-,11+/m11/s1. The predicted octanol–water partition coefficient (Wildman–Crippen LogP) is 2.29. The third kappa shape index (κ3) is 9.68. The summed E-state index contributed by atoms with van der Waals surface area (Å²) in [4.78, 5) is 64.9. The van der Waals surface area contributed by atoms with Gasteiger partial charge < -0.3 is 35.4 Å². The topological polar surface area (TPSA) is 207 Å². The van der Waals surface area contributed by atoms with Crippen LogP contribution in [-0.4, -0.2) is 86.3 Å². The second-order valence-electron chi connectivity index (χ2n) is 10.3. The number of aromatic nitrogens is 1. The number of amides is 1. The second-order valence-corrected chi connectivity index (χ2v) is 10.3. The van der Waals surface area contributed by atoms with Crippen molar-refractivity contribution in [2.75, 3.05) is 13.1 Å². The van der Waals surface area contributed by atoms with Crippen molar-refractivity contribution in [3.63, 3.8) is 0 Å². The first-order chi connectivity index (χ1) is 21.4. The van der Waals surface area contributed by atoms with Gasteiger partial charge in [-0.2, -0.15) is 0 Å². The number of likely N-dealkylation sites (tertiary alicyclic amines) is 1. The summed E-state index contributed by atoms with van der Waals surface area (Å²) in [6.45, 7) is 5.07. The Kier molecular flexibility index (Phi) is 12.3. The molecular weight excluding hydrogens is 586 g/mol. The number of pyridine rings is 1. The number of carboxylic acids is 2. The fourth-order valence-electron chi connectivity index (χ4n) is 4.28. The van der Waals surface area contributed by atoms with Gasteiger partial charge in [0.2, 0.25) is 18.1 Å². The van der Waals surface area contributed by atoms with Crippen molar-refractivity contribution in [3.05, 3.63) is 101 Å². The smallest absolute Gasteiger partial charge is 0.349 e. The molecule has 0 bridgehead atoms. The molecular formula is C32H35N3O10. The van der Waals surface area contributed by atoms with Crippen molar-refractivity contribution in [2.45, 2.75) is 51.0 Å². The summed E-state index contributed by atoms with van der Waals surface area (Å²) < 4.78 is 9.64. The zero-order chi connectivity index (χ0) is 33.1. The fraction of sp³-hybridized carbons (Fsp3) is 0.312. The van der Waals surface area contributed by atoms with Gasteiger partial charge in [0, 0.05) is 25.5 Å². The third-order valence-corrected chi connectivity index (χ3v) is 6.89. The lowest BCUT2D eigenvalue weighted by atomic mass is 10.0. The summed E-state index contributed by atoms with van der Waals surface area (Å²) in [6.07, 6.45) is -0.224. The molecule has 13 heteroatoms. The molecule has 3 aromatic rings. The summed E-state index contributed by atoms with van der Waals surface area (Å²) in [7, 11) is 0. The molecule has 1 aliphatic heterocycles. The van der Waals surface area contributed by atoms with E-state index in [4.69, 9.17) is 15.2 Å². The van der Waals surface area contributed by atoms with E-state index >= 15 is 0 Å². The number of esters is 2. The molecule has 1 saturated heterocycles. The summed E-state index contributed by atoms with van der Waals surface area (Å²) in [6, 6.07) is 14.5. The average Bonchev–Trinajstić information content (AvgIpc) is 3.58. The van der Waals surface area contributed by atoms with Crippen LogP contribution in [0.15, 0.2) is 73.1 Å². The number of hydrogen-bond donors (Lipinski definition) is 4. The summed E-state index contributed by atoms with van der Waals surface area (Å²) in [5, 5.41) is 28.7. The summed E-state index contributed by atoms with van der Waals surface area (Å²) in [5.74, 6) is -5.80. The van der Waals surface area contributed by atoms with Crippen LogP contribution < -0.4 is 5.73 Å². The Morgan fingerprint density at radius 1 is 0.733 bits per heavy atom. The maximum atomic E-state index is 12.2. The number of benzene rings is 2. The van der Waals surface area contributed by atoms with Crippen LogP contribution in [0, 0.1) is 13.8 Å². The Hall–Kier alpha value is -5.14. The minimum absolute atomic E-state index is 0.0332. The van der Waals surface area contributed by atoms with E-state index in [0.717, 1.165) is 37.1 Å². The second kappa shape index (κ2) is 16.1. The van der Waals surface area contributed by atoms with E-state index in [1.807, 2.05) is 0 Å². The zero-order valence-corrected chi connectivity index (χ0v) is 24.7. The van der Waals surface area contributed by atoms with Gasteiger partial charge in [0.15, 0.2) is 0 Å². The molecule has 0 radical (unpaired) electrons. The lowest BCUT2D eigenvalue weighted by molar-refractivity contribution is -0.166. The van der Waals surface area contributed by atoms with Crippen molar-refractivity contribution in [3.8, 4) is 0 Å². The van der Waals surface area contributed by atoms with Crippen LogP contribution in [0.1, 0.15) is 56.4 Å². The molecule has 0 saturated carbocycles. The molecule has 2 aromatic carbocycles. The van der Waals surface area contributed by atoms with Crippen LogP contribution in [0.3, 0.4) is 0 Å². The van der Waals surface area contributed by atoms with Crippen LogP contribution in [0.4, 0.5) is 0 Å². The first-order valence-corrected chi connectivity index (χ1v) is 14.0. The first-order valence-electron chi connectivity index (χ1n) is 14.0. The summed E-state index contributed by atoms with van der Waals surface area (Å²) >= 11 is 0. The number of aliphatic hydroxyl groups is 1. The summed E-state index contributed by atoms with van der Waals surface area (Å²) in [5.41, 5.74) is 8.23. The van der Waals surface area contributed by atoms with Crippen molar-refractivity contribution in [1.29, 1.82) is 0 Å². The van der Waals surface area contributed by atoms with Gasteiger partial charge in [-0.15, -0.1) is 0 Å². The van der Waals surface area contributed by atoms with Crippen molar-refractivity contribution >= 4 is 29.8 Å². The monoisotopic (exact) mass is 621 g/mol. The number of hydrogen-bond acceptors (Lipinski definition) is 10. The van der Waals surface area contributed by atoms with Crippen molar-refractivity contribution in [1.82, 2.24) is 9.88 Å². The Bertz CT molecular complexity index is 1400. The Morgan fingerprint density at radius 3 is 1.51 bits per heavy atom. The van der Waals surface area contributed by atoms with E-state index < -0.39 is 48.2 Å². The number of aliphatic carboxylic acids is 2. The largest absolute Gasteiger partial charge is 0.478 e. The van der Waals surface area contributed by atoms with Crippen molar-refractivity contribution in [2.24, 2.45) is 5.73 Å². The lowest BCUT2D eigenvalue weighted by Gasteiger charge is -2.23. The van der Waals surface area contributed by atoms with Gasteiger partial charge in [0.1, 0.15) is 12.1 Å². The number of nitrogens with zero attached hydrogens (tertiary/aromatic N) is 2. The highest BCUT2D eigenvalue weighted by Crippen LogP contribution is 2.18. The number of carbonyl (C=O) groups is 5. The third-order valence-electron chi connectivity index (χ3n) is 6.89. The van der Waals surface area contributed by atoms with Crippen LogP contribution in [0.2, 0.25) is 0 Å². The van der Waals surface area contributed by atoms with Gasteiger partial charge in [0.25, 0.3) is 0 Å². The molecule has 1 fully saturated rings. The fourth-order valence-corrected chi connectivity index (χ4v) is 4.28. The highest BCUT2D eigenvalue weighted by Gasteiger charge is 2.41. The minimum Gasteiger partial charge on any atom is -0.478 e.